The first-order valence-electron chi connectivity index (χ1n) is 7.77. The molecule has 116 valence electrons. The average Bonchev–Trinajstić information content (AvgIpc) is 2.86. The van der Waals surface area contributed by atoms with E-state index in [4.69, 9.17) is 4.74 Å². The van der Waals surface area contributed by atoms with Crippen LogP contribution in [0.15, 0.2) is 45.7 Å². The summed E-state index contributed by atoms with van der Waals surface area (Å²) in [5, 5.41) is 0. The summed E-state index contributed by atoms with van der Waals surface area (Å²) >= 11 is 1.61. The first kappa shape index (κ1) is 14.5. The Labute approximate surface area is 139 Å². The van der Waals surface area contributed by atoms with Crippen molar-refractivity contribution in [2.75, 3.05) is 7.11 Å². The SMILES string of the molecule is COC(=O)C1=CC2=CCCC=C2Sc2c1ccc1c2C(=O)CC1. The topological polar surface area (TPSA) is 43.4 Å². The molecule has 23 heavy (non-hydrogen) atoms. The number of Topliss-reactive ketones (excluding diaryl/α,β-unsaturated/α-hetero) is 1. The number of methoxy groups -OCH3 is 1. The number of esters is 1. The minimum Gasteiger partial charge on any atom is -0.465 e. The van der Waals surface area contributed by atoms with Crippen molar-refractivity contribution >= 4 is 29.1 Å². The lowest BCUT2D eigenvalue weighted by atomic mass is 9.97. The minimum absolute atomic E-state index is 0.178. The number of ether oxygens (including phenoxy) is 1. The van der Waals surface area contributed by atoms with Crippen molar-refractivity contribution in [2.45, 2.75) is 30.6 Å². The second kappa shape index (κ2) is 5.53. The predicted molar refractivity (Wildman–Crippen MR) is 90.3 cm³/mol. The zero-order chi connectivity index (χ0) is 16.0. The van der Waals surface area contributed by atoms with Crippen LogP contribution in [0.1, 0.15) is 40.7 Å². The lowest BCUT2D eigenvalue weighted by molar-refractivity contribution is -0.133. The smallest absolute Gasteiger partial charge is 0.338 e. The number of benzene rings is 1. The molecule has 1 aromatic rings. The molecule has 3 nitrogen and oxygen atoms in total. The highest BCUT2D eigenvalue weighted by molar-refractivity contribution is 8.03. The van der Waals surface area contributed by atoms with Crippen LogP contribution in [0, 0.1) is 0 Å². The first-order chi connectivity index (χ1) is 11.2. The molecule has 0 unspecified atom stereocenters. The van der Waals surface area contributed by atoms with Crippen molar-refractivity contribution < 1.29 is 14.3 Å². The molecule has 1 heterocycles. The first-order valence-corrected chi connectivity index (χ1v) is 8.58. The summed E-state index contributed by atoms with van der Waals surface area (Å²) < 4.78 is 4.98. The quantitative estimate of drug-likeness (QED) is 0.730. The van der Waals surface area contributed by atoms with Gasteiger partial charge < -0.3 is 4.74 Å². The molecule has 0 bridgehead atoms. The second-order valence-electron chi connectivity index (χ2n) is 5.86. The van der Waals surface area contributed by atoms with Crippen LogP contribution >= 0.6 is 11.8 Å². The third kappa shape index (κ3) is 2.29. The Bertz CT molecular complexity index is 827. The molecule has 2 aliphatic carbocycles. The van der Waals surface area contributed by atoms with Crippen LogP contribution in [-0.2, 0) is 16.0 Å². The van der Waals surface area contributed by atoms with Gasteiger partial charge in [0.1, 0.15) is 0 Å². The molecule has 0 saturated heterocycles. The molecule has 0 aromatic heterocycles. The zero-order valence-corrected chi connectivity index (χ0v) is 13.7. The average molecular weight is 324 g/mol. The molecular formula is C19H16O3S. The Hall–Kier alpha value is -2.07. The fourth-order valence-electron chi connectivity index (χ4n) is 3.35. The Kier molecular flexibility index (Phi) is 3.49. The standard InChI is InChI=1S/C19H16O3S/c1-22-19(21)14-10-12-4-2-3-5-16(12)23-18-13(14)8-6-11-7-9-15(20)17(11)18/h4-6,8,10H,2-3,7,9H2,1H3. The van der Waals surface area contributed by atoms with E-state index in [0.717, 1.165) is 51.3 Å². The summed E-state index contributed by atoms with van der Waals surface area (Å²) in [5.41, 5.74) is 4.29. The molecule has 0 amide bonds. The van der Waals surface area contributed by atoms with Crippen molar-refractivity contribution in [1.29, 1.82) is 0 Å². The van der Waals surface area contributed by atoms with Crippen LogP contribution in [-0.4, -0.2) is 18.9 Å². The van der Waals surface area contributed by atoms with Crippen LogP contribution in [0.5, 0.6) is 0 Å². The van der Waals surface area contributed by atoms with E-state index in [0.29, 0.717) is 12.0 Å². The molecule has 1 aromatic carbocycles. The van der Waals surface area contributed by atoms with Gasteiger partial charge in [0.25, 0.3) is 0 Å². The number of carbonyl (C=O) groups is 2. The number of fused-ring (bicyclic) bond motifs is 4. The maximum Gasteiger partial charge on any atom is 0.338 e. The normalized spacial score (nSPS) is 18.8. The van der Waals surface area contributed by atoms with Gasteiger partial charge in [-0.25, -0.2) is 4.79 Å². The van der Waals surface area contributed by atoms with E-state index in [2.05, 4.69) is 12.2 Å². The largest absolute Gasteiger partial charge is 0.465 e. The van der Waals surface area contributed by atoms with E-state index in [9.17, 15) is 9.59 Å². The van der Waals surface area contributed by atoms with Crippen LogP contribution in [0.25, 0.3) is 5.57 Å². The van der Waals surface area contributed by atoms with E-state index in [1.54, 1.807) is 11.8 Å². The monoisotopic (exact) mass is 324 g/mol. The lowest BCUT2D eigenvalue weighted by Crippen LogP contribution is -2.06. The van der Waals surface area contributed by atoms with Crippen LogP contribution in [0.4, 0.5) is 0 Å². The van der Waals surface area contributed by atoms with Gasteiger partial charge in [-0.15, -0.1) is 0 Å². The lowest BCUT2D eigenvalue weighted by Gasteiger charge is -2.14. The van der Waals surface area contributed by atoms with Gasteiger partial charge >= 0.3 is 5.97 Å². The van der Waals surface area contributed by atoms with Gasteiger partial charge in [0.2, 0.25) is 0 Å². The van der Waals surface area contributed by atoms with Crippen molar-refractivity contribution in [3.8, 4) is 0 Å². The number of rotatable bonds is 1. The Morgan fingerprint density at radius 3 is 2.83 bits per heavy atom. The van der Waals surface area contributed by atoms with Crippen LogP contribution in [0.3, 0.4) is 0 Å². The highest BCUT2D eigenvalue weighted by Gasteiger charge is 2.31. The summed E-state index contributed by atoms with van der Waals surface area (Å²) in [6, 6.07) is 3.94. The van der Waals surface area contributed by atoms with Gasteiger partial charge in [0.15, 0.2) is 5.78 Å². The van der Waals surface area contributed by atoms with E-state index in [-0.39, 0.29) is 11.8 Å². The fraction of sp³-hybridized carbons (Fsp3) is 0.263. The van der Waals surface area contributed by atoms with Crippen molar-refractivity contribution in [3.05, 3.63) is 57.5 Å². The zero-order valence-electron chi connectivity index (χ0n) is 12.8. The highest BCUT2D eigenvalue weighted by atomic mass is 32.2. The van der Waals surface area contributed by atoms with Gasteiger partial charge in [-0.3, -0.25) is 4.79 Å². The van der Waals surface area contributed by atoms with Crippen LogP contribution < -0.4 is 0 Å². The Balaban J connectivity index is 1.99. The molecule has 4 rings (SSSR count). The highest BCUT2D eigenvalue weighted by Crippen LogP contribution is 2.47. The molecule has 3 aliphatic rings. The predicted octanol–water partition coefficient (Wildman–Crippen LogP) is 4.08. The van der Waals surface area contributed by atoms with Crippen molar-refractivity contribution in [1.82, 2.24) is 0 Å². The molecule has 0 radical (unpaired) electrons. The fourth-order valence-corrected chi connectivity index (χ4v) is 4.67. The number of ketones is 1. The summed E-state index contributed by atoms with van der Waals surface area (Å²) in [6.45, 7) is 0. The third-order valence-electron chi connectivity index (χ3n) is 4.50. The van der Waals surface area contributed by atoms with Gasteiger partial charge in [-0.1, -0.05) is 36.0 Å². The molecule has 4 heteroatoms. The van der Waals surface area contributed by atoms with Gasteiger partial charge in [-0.2, -0.15) is 0 Å². The molecule has 0 saturated carbocycles. The molecular weight excluding hydrogens is 308 g/mol. The maximum absolute atomic E-state index is 12.4. The van der Waals surface area contributed by atoms with Gasteiger partial charge in [0, 0.05) is 27.3 Å². The Morgan fingerprint density at radius 1 is 1.17 bits per heavy atom. The van der Waals surface area contributed by atoms with Gasteiger partial charge in [-0.05, 0) is 36.5 Å². The third-order valence-corrected chi connectivity index (χ3v) is 5.75. The molecule has 0 fully saturated rings. The number of thioether (sulfide) groups is 1. The number of carbonyl (C=O) groups excluding carboxylic acids is 2. The second-order valence-corrected chi connectivity index (χ2v) is 6.91. The van der Waals surface area contributed by atoms with Crippen molar-refractivity contribution in [2.24, 2.45) is 0 Å². The van der Waals surface area contributed by atoms with Gasteiger partial charge in [0.05, 0.1) is 12.7 Å². The Morgan fingerprint density at radius 2 is 2.00 bits per heavy atom. The summed E-state index contributed by atoms with van der Waals surface area (Å²) in [6.07, 6.45) is 9.57. The summed E-state index contributed by atoms with van der Waals surface area (Å²) in [5.74, 6) is -0.178. The van der Waals surface area contributed by atoms with E-state index < -0.39 is 0 Å². The number of hydrogen-bond donors (Lipinski definition) is 0. The van der Waals surface area contributed by atoms with Crippen molar-refractivity contribution in [3.63, 3.8) is 0 Å². The maximum atomic E-state index is 12.4. The van der Waals surface area contributed by atoms with E-state index in [1.165, 1.54) is 7.11 Å². The van der Waals surface area contributed by atoms with Crippen LogP contribution in [0.2, 0.25) is 0 Å². The summed E-state index contributed by atoms with van der Waals surface area (Å²) in [7, 11) is 1.39. The minimum atomic E-state index is -0.357. The van der Waals surface area contributed by atoms with E-state index in [1.807, 2.05) is 18.2 Å². The van der Waals surface area contributed by atoms with E-state index >= 15 is 0 Å². The molecule has 0 atom stereocenters. The molecule has 1 aliphatic heterocycles. The molecule has 0 N–H and O–H groups in total. The number of hydrogen-bond acceptors (Lipinski definition) is 4. The number of allylic oxidation sites excluding steroid dienone is 4. The summed E-state index contributed by atoms with van der Waals surface area (Å²) in [4.78, 5) is 26.7. The molecule has 0 spiro atoms. The number of aryl methyl sites for hydroxylation is 1.